The van der Waals surface area contributed by atoms with E-state index in [0.29, 0.717) is 40.8 Å². The Balaban J connectivity index is 1.27. The van der Waals surface area contributed by atoms with Gasteiger partial charge in [-0.05, 0) is 37.6 Å². The third-order valence-corrected chi connectivity index (χ3v) is 6.60. The monoisotopic (exact) mass is 488 g/mol. The maximum Gasteiger partial charge on any atom is 0.319 e. The Kier molecular flexibility index (Phi) is 6.23. The number of amides is 3. The van der Waals surface area contributed by atoms with Crippen molar-refractivity contribution >= 4 is 45.3 Å². The molecule has 0 aliphatic carbocycles. The van der Waals surface area contributed by atoms with Gasteiger partial charge in [0.1, 0.15) is 4.70 Å². The second-order valence-corrected chi connectivity index (χ2v) is 9.51. The van der Waals surface area contributed by atoms with Crippen molar-refractivity contribution in [2.45, 2.75) is 25.9 Å². The lowest BCUT2D eigenvalue weighted by atomic mass is 10.1. The molecule has 1 aromatic carbocycles. The first-order valence-electron chi connectivity index (χ1n) is 11.2. The van der Waals surface area contributed by atoms with E-state index in [1.165, 1.54) is 11.3 Å². The molecule has 4 aromatic rings. The zero-order valence-corrected chi connectivity index (χ0v) is 20.0. The Bertz CT molecular complexity index is 1360. The van der Waals surface area contributed by atoms with Crippen molar-refractivity contribution in [1.82, 2.24) is 30.2 Å². The summed E-state index contributed by atoms with van der Waals surface area (Å²) in [5.74, 6) is 0.125. The van der Waals surface area contributed by atoms with Crippen molar-refractivity contribution < 1.29 is 9.59 Å². The number of aromatic nitrogens is 4. The van der Waals surface area contributed by atoms with Gasteiger partial charge in [-0.2, -0.15) is 4.98 Å². The molecule has 5 rings (SSSR count). The molecular formula is C24H24N8O2S. The first-order chi connectivity index (χ1) is 17.0. The molecule has 10 nitrogen and oxygen atoms in total. The van der Waals surface area contributed by atoms with Crippen LogP contribution in [0.15, 0.2) is 54.9 Å². The second kappa shape index (κ2) is 9.63. The highest BCUT2D eigenvalue weighted by Crippen LogP contribution is 2.27. The van der Waals surface area contributed by atoms with Crippen LogP contribution in [0.1, 0.15) is 34.0 Å². The molecule has 3 N–H and O–H groups in total. The van der Waals surface area contributed by atoms with Gasteiger partial charge >= 0.3 is 6.03 Å². The van der Waals surface area contributed by atoms with Crippen LogP contribution in [0.4, 0.5) is 16.4 Å². The van der Waals surface area contributed by atoms with Crippen LogP contribution in [0.2, 0.25) is 0 Å². The molecule has 0 radical (unpaired) electrons. The van der Waals surface area contributed by atoms with Gasteiger partial charge in [0, 0.05) is 31.2 Å². The number of anilines is 2. The van der Waals surface area contributed by atoms with Crippen LogP contribution in [-0.4, -0.2) is 55.9 Å². The normalized spacial score (nSPS) is 14.3. The lowest BCUT2D eigenvalue weighted by Crippen LogP contribution is -2.61. The van der Waals surface area contributed by atoms with Gasteiger partial charge < -0.3 is 20.9 Å². The summed E-state index contributed by atoms with van der Waals surface area (Å²) in [6.07, 6.45) is 3.49. The summed E-state index contributed by atoms with van der Waals surface area (Å²) in [5.41, 5.74) is 2.49. The third-order valence-electron chi connectivity index (χ3n) is 5.63. The van der Waals surface area contributed by atoms with Crippen molar-refractivity contribution in [3.63, 3.8) is 0 Å². The predicted molar refractivity (Wildman–Crippen MR) is 135 cm³/mol. The molecule has 1 aliphatic heterocycles. The van der Waals surface area contributed by atoms with E-state index in [-0.39, 0.29) is 24.0 Å². The summed E-state index contributed by atoms with van der Waals surface area (Å²) in [6, 6.07) is 12.5. The number of urea groups is 1. The number of carbonyl (C=O) groups excluding carboxylic acids is 2. The smallest absolute Gasteiger partial charge is 0.319 e. The Morgan fingerprint density at radius 1 is 1.09 bits per heavy atom. The Morgan fingerprint density at radius 2 is 1.89 bits per heavy atom. The molecule has 1 aliphatic rings. The quantitative estimate of drug-likeness (QED) is 0.379. The van der Waals surface area contributed by atoms with Gasteiger partial charge in [-0.15, -0.1) is 11.3 Å². The molecule has 4 heterocycles. The van der Waals surface area contributed by atoms with Gasteiger partial charge in [-0.3, -0.25) is 9.78 Å². The van der Waals surface area contributed by atoms with E-state index < -0.39 is 0 Å². The highest BCUT2D eigenvalue weighted by atomic mass is 32.1. The minimum Gasteiger partial charge on any atom is -0.348 e. The number of aryl methyl sites for hydroxylation is 1. The van der Waals surface area contributed by atoms with E-state index >= 15 is 0 Å². The van der Waals surface area contributed by atoms with E-state index in [4.69, 9.17) is 0 Å². The summed E-state index contributed by atoms with van der Waals surface area (Å²) in [4.78, 5) is 44.9. The minimum absolute atomic E-state index is 0.107. The number of carbonyl (C=O) groups is 2. The number of hydrogen-bond acceptors (Lipinski definition) is 8. The van der Waals surface area contributed by atoms with Crippen LogP contribution in [0.25, 0.3) is 10.3 Å². The summed E-state index contributed by atoms with van der Waals surface area (Å²) >= 11 is 1.39. The zero-order valence-electron chi connectivity index (χ0n) is 19.2. The molecule has 1 unspecified atom stereocenters. The van der Waals surface area contributed by atoms with E-state index in [1.807, 2.05) is 56.3 Å². The summed E-state index contributed by atoms with van der Waals surface area (Å²) < 4.78 is 0.658. The van der Waals surface area contributed by atoms with Gasteiger partial charge in [0.25, 0.3) is 5.91 Å². The number of nitrogens with one attached hydrogen (secondary N) is 3. The highest BCUT2D eigenvalue weighted by Gasteiger charge is 2.34. The lowest BCUT2D eigenvalue weighted by Gasteiger charge is -2.39. The second-order valence-electron chi connectivity index (χ2n) is 8.31. The molecule has 0 spiro atoms. The topological polar surface area (TPSA) is 125 Å². The Hall–Kier alpha value is -4.12. The van der Waals surface area contributed by atoms with Gasteiger partial charge in [0.2, 0.25) is 5.95 Å². The predicted octanol–water partition coefficient (Wildman–Crippen LogP) is 3.61. The number of rotatable bonds is 6. The number of fused-ring (bicyclic) bond motifs is 1. The van der Waals surface area contributed by atoms with Crippen LogP contribution in [0.5, 0.6) is 0 Å². The molecule has 1 atom stereocenters. The largest absolute Gasteiger partial charge is 0.348 e. The van der Waals surface area contributed by atoms with Crippen LogP contribution in [-0.2, 0) is 0 Å². The molecule has 35 heavy (non-hydrogen) atoms. The summed E-state index contributed by atoms with van der Waals surface area (Å²) in [5, 5.41) is 9.74. The number of likely N-dealkylation sites (tertiary alicyclic amines) is 1. The van der Waals surface area contributed by atoms with E-state index in [1.54, 1.807) is 17.3 Å². The van der Waals surface area contributed by atoms with E-state index in [0.717, 1.165) is 10.6 Å². The number of hydrogen-bond donors (Lipinski definition) is 3. The molecule has 1 saturated heterocycles. The molecule has 1 fully saturated rings. The third kappa shape index (κ3) is 5.04. The standard InChI is InChI=1S/C24H24N8O2S/c1-14(16-7-6-10-25-11-16)26-23-30-19(20-21(31-23)27-15(2)35-20)22(33)32-12-18(13-32)29-24(34)28-17-8-4-3-5-9-17/h3-11,14,18H,12-13H2,1-2H3,(H,26,30,31)(H2,28,29,34). The highest BCUT2D eigenvalue weighted by molar-refractivity contribution is 7.18. The van der Waals surface area contributed by atoms with Crippen LogP contribution in [0.3, 0.4) is 0 Å². The maximum absolute atomic E-state index is 13.3. The summed E-state index contributed by atoms with van der Waals surface area (Å²) in [7, 11) is 0. The average Bonchev–Trinajstić information content (AvgIpc) is 3.21. The number of benzene rings is 1. The van der Waals surface area contributed by atoms with Gasteiger partial charge in [0.15, 0.2) is 11.3 Å². The zero-order chi connectivity index (χ0) is 24.4. The molecule has 178 valence electrons. The SMILES string of the molecule is Cc1nc2nc(NC(C)c3cccnc3)nc(C(=O)N3CC(NC(=O)Nc4ccccc4)C3)c2s1. The fourth-order valence-corrected chi connectivity index (χ4v) is 4.65. The van der Waals surface area contributed by atoms with Crippen molar-refractivity contribution in [3.8, 4) is 0 Å². The average molecular weight is 489 g/mol. The first kappa shape index (κ1) is 22.7. The molecule has 11 heteroatoms. The van der Waals surface area contributed by atoms with Gasteiger partial charge in [-0.25, -0.2) is 14.8 Å². The maximum atomic E-state index is 13.3. The van der Waals surface area contributed by atoms with E-state index in [9.17, 15) is 9.59 Å². The van der Waals surface area contributed by atoms with Gasteiger partial charge in [-0.1, -0.05) is 24.3 Å². The number of nitrogens with zero attached hydrogens (tertiary/aromatic N) is 5. The Labute approximate surface area is 205 Å². The van der Waals surface area contributed by atoms with Crippen molar-refractivity contribution in [2.24, 2.45) is 0 Å². The molecule has 3 aromatic heterocycles. The minimum atomic E-state index is -0.299. The number of thiazole rings is 1. The molecule has 0 bridgehead atoms. The lowest BCUT2D eigenvalue weighted by molar-refractivity contribution is 0.0576. The summed E-state index contributed by atoms with van der Waals surface area (Å²) in [6.45, 7) is 4.66. The van der Waals surface area contributed by atoms with Gasteiger partial charge in [0.05, 0.1) is 17.1 Å². The fraction of sp³-hybridized carbons (Fsp3) is 0.250. The van der Waals surface area contributed by atoms with Crippen LogP contribution < -0.4 is 16.0 Å². The molecule has 3 amide bonds. The molecule has 0 saturated carbocycles. The van der Waals surface area contributed by atoms with Crippen molar-refractivity contribution in [3.05, 3.63) is 71.1 Å². The number of pyridine rings is 1. The number of para-hydroxylation sites is 1. The Morgan fingerprint density at radius 3 is 2.63 bits per heavy atom. The first-order valence-corrected chi connectivity index (χ1v) is 12.0. The van der Waals surface area contributed by atoms with Crippen LogP contribution in [0, 0.1) is 6.92 Å². The van der Waals surface area contributed by atoms with Crippen molar-refractivity contribution in [2.75, 3.05) is 23.7 Å². The molecular weight excluding hydrogens is 464 g/mol. The van der Waals surface area contributed by atoms with E-state index in [2.05, 4.69) is 35.9 Å². The fourth-order valence-electron chi connectivity index (χ4n) is 3.81. The van der Waals surface area contributed by atoms with Crippen molar-refractivity contribution in [1.29, 1.82) is 0 Å². The van der Waals surface area contributed by atoms with Crippen LogP contribution >= 0.6 is 11.3 Å².